The van der Waals surface area contributed by atoms with Crippen molar-refractivity contribution in [1.29, 1.82) is 5.26 Å². The summed E-state index contributed by atoms with van der Waals surface area (Å²) in [4.78, 5) is 27.6. The number of carbonyl (C=O) groups excluding carboxylic acids is 1. The number of benzene rings is 1. The predicted octanol–water partition coefficient (Wildman–Crippen LogP) is 0.665. The lowest BCUT2D eigenvalue weighted by molar-refractivity contribution is -0.0486. The number of anilines is 1. The maximum Gasteiger partial charge on any atom is 0.253 e. The molecule has 2 fully saturated rings. The summed E-state index contributed by atoms with van der Waals surface area (Å²) in [6.07, 6.45) is 2.17. The van der Waals surface area contributed by atoms with Crippen molar-refractivity contribution in [2.45, 2.75) is 37.3 Å². The lowest BCUT2D eigenvalue weighted by atomic mass is 10.1. The van der Waals surface area contributed by atoms with Crippen LogP contribution in [-0.2, 0) is 4.74 Å². The van der Waals surface area contributed by atoms with Gasteiger partial charge < -0.3 is 25.2 Å². The highest BCUT2D eigenvalue weighted by Gasteiger charge is 2.36. The van der Waals surface area contributed by atoms with Crippen LogP contribution < -0.4 is 5.32 Å². The molecule has 4 heterocycles. The molecule has 2 aromatic heterocycles. The summed E-state index contributed by atoms with van der Waals surface area (Å²) in [6.45, 7) is 0.943. The highest BCUT2D eigenvalue weighted by Crippen LogP contribution is 2.32. The number of aliphatic hydroxyl groups excluding tert-OH is 2. The van der Waals surface area contributed by atoms with E-state index < -0.39 is 18.4 Å². The summed E-state index contributed by atoms with van der Waals surface area (Å²) in [5.74, 6) is 0.467. The highest BCUT2D eigenvalue weighted by atomic mass is 16.5. The molecule has 0 bridgehead atoms. The van der Waals surface area contributed by atoms with Gasteiger partial charge in [0.2, 0.25) is 0 Å². The second-order valence-corrected chi connectivity index (χ2v) is 8.25. The van der Waals surface area contributed by atoms with Crippen LogP contribution in [0.5, 0.6) is 0 Å². The number of likely N-dealkylation sites (tertiary alicyclic amines) is 1. The molecule has 0 radical (unpaired) electrons. The molecular formula is C22H23N7O4. The van der Waals surface area contributed by atoms with Gasteiger partial charge in [-0.1, -0.05) is 0 Å². The first-order valence-electron chi connectivity index (χ1n) is 10.7. The van der Waals surface area contributed by atoms with E-state index in [0.717, 1.165) is 6.42 Å². The Balaban J connectivity index is 1.29. The molecule has 2 aliphatic rings. The van der Waals surface area contributed by atoms with Crippen LogP contribution in [0.1, 0.15) is 35.0 Å². The number of nitriles is 1. The molecule has 2 saturated heterocycles. The summed E-state index contributed by atoms with van der Waals surface area (Å²) in [5, 5.41) is 32.0. The van der Waals surface area contributed by atoms with Gasteiger partial charge >= 0.3 is 0 Å². The van der Waals surface area contributed by atoms with Crippen molar-refractivity contribution in [2.75, 3.05) is 25.0 Å². The van der Waals surface area contributed by atoms with Crippen LogP contribution in [-0.4, -0.2) is 78.5 Å². The predicted molar refractivity (Wildman–Crippen MR) is 116 cm³/mol. The van der Waals surface area contributed by atoms with Gasteiger partial charge in [-0.05, 0) is 30.7 Å². The lowest BCUT2D eigenvalue weighted by Gasteiger charge is -2.18. The van der Waals surface area contributed by atoms with Crippen LogP contribution in [0, 0.1) is 11.3 Å². The van der Waals surface area contributed by atoms with E-state index >= 15 is 0 Å². The third kappa shape index (κ3) is 4.00. The Morgan fingerprint density at radius 1 is 1.27 bits per heavy atom. The van der Waals surface area contributed by atoms with Crippen molar-refractivity contribution >= 4 is 22.9 Å². The normalized spacial score (nSPS) is 24.8. The number of rotatable bonds is 5. The maximum absolute atomic E-state index is 12.8. The fourth-order valence-corrected chi connectivity index (χ4v) is 4.37. The monoisotopic (exact) mass is 449 g/mol. The van der Waals surface area contributed by atoms with E-state index in [1.807, 2.05) is 0 Å². The molecule has 3 N–H and O–H groups in total. The molecule has 1 amide bonds. The van der Waals surface area contributed by atoms with Gasteiger partial charge in [-0.25, -0.2) is 15.0 Å². The van der Waals surface area contributed by atoms with Crippen LogP contribution in [0.25, 0.3) is 11.2 Å². The number of aromatic nitrogens is 4. The Labute approximate surface area is 189 Å². The topological polar surface area (TPSA) is 149 Å². The zero-order valence-corrected chi connectivity index (χ0v) is 17.7. The molecule has 2 aliphatic heterocycles. The van der Waals surface area contributed by atoms with Gasteiger partial charge in [0.1, 0.15) is 12.4 Å². The Kier molecular flexibility index (Phi) is 5.63. The molecule has 33 heavy (non-hydrogen) atoms. The van der Waals surface area contributed by atoms with E-state index in [1.165, 1.54) is 6.33 Å². The number of aliphatic hydroxyl groups is 2. The summed E-state index contributed by atoms with van der Waals surface area (Å²) >= 11 is 0. The van der Waals surface area contributed by atoms with Crippen molar-refractivity contribution in [2.24, 2.45) is 0 Å². The highest BCUT2D eigenvalue weighted by molar-refractivity contribution is 5.94. The average Bonchev–Trinajstić information content (AvgIpc) is 3.57. The van der Waals surface area contributed by atoms with Crippen LogP contribution in [0.4, 0.5) is 5.82 Å². The van der Waals surface area contributed by atoms with Gasteiger partial charge in [0.25, 0.3) is 5.91 Å². The summed E-state index contributed by atoms with van der Waals surface area (Å²) in [6, 6.07) is 8.66. The number of amides is 1. The fourth-order valence-electron chi connectivity index (χ4n) is 4.37. The minimum Gasteiger partial charge on any atom is -0.394 e. The molecular weight excluding hydrogens is 426 g/mol. The van der Waals surface area contributed by atoms with Crippen molar-refractivity contribution < 1.29 is 19.7 Å². The summed E-state index contributed by atoms with van der Waals surface area (Å²) in [7, 11) is 0. The van der Waals surface area contributed by atoms with Crippen LogP contribution in [0.15, 0.2) is 36.9 Å². The molecule has 4 atom stereocenters. The molecule has 5 rings (SSSR count). The SMILES string of the molecule is N#Cc1ccc(C(=O)N2CCC(Nc3ncnc4c3ncn4[C@@H]3O[C@H](CO)C[C@H]3O)C2)cc1. The first kappa shape index (κ1) is 21.3. The van der Waals surface area contributed by atoms with Crippen LogP contribution >= 0.6 is 0 Å². The van der Waals surface area contributed by atoms with Crippen LogP contribution in [0.2, 0.25) is 0 Å². The summed E-state index contributed by atoms with van der Waals surface area (Å²) < 4.78 is 7.38. The van der Waals surface area contributed by atoms with Crippen molar-refractivity contribution in [1.82, 2.24) is 24.4 Å². The van der Waals surface area contributed by atoms with Crippen molar-refractivity contribution in [3.8, 4) is 6.07 Å². The largest absolute Gasteiger partial charge is 0.394 e. The lowest BCUT2D eigenvalue weighted by Crippen LogP contribution is -2.31. The number of fused-ring (bicyclic) bond motifs is 1. The third-order valence-corrected chi connectivity index (χ3v) is 6.08. The molecule has 1 unspecified atom stereocenters. The number of nitrogens with zero attached hydrogens (tertiary/aromatic N) is 6. The molecule has 11 nitrogen and oxygen atoms in total. The maximum atomic E-state index is 12.8. The second-order valence-electron chi connectivity index (χ2n) is 8.25. The molecule has 0 spiro atoms. The smallest absolute Gasteiger partial charge is 0.253 e. The number of hydrogen-bond donors (Lipinski definition) is 3. The minimum absolute atomic E-state index is 0.0114. The van der Waals surface area contributed by atoms with E-state index in [2.05, 4.69) is 26.3 Å². The van der Waals surface area contributed by atoms with E-state index in [1.54, 1.807) is 40.1 Å². The molecule has 170 valence electrons. The number of hydrogen-bond acceptors (Lipinski definition) is 9. The zero-order valence-electron chi connectivity index (χ0n) is 17.7. The van der Waals surface area contributed by atoms with Crippen molar-refractivity contribution in [3.05, 3.63) is 48.0 Å². The second kappa shape index (κ2) is 8.74. The zero-order chi connectivity index (χ0) is 22.9. The quantitative estimate of drug-likeness (QED) is 0.511. The fraction of sp³-hybridized carbons (Fsp3) is 0.409. The summed E-state index contributed by atoms with van der Waals surface area (Å²) in [5.41, 5.74) is 2.12. The molecule has 11 heteroatoms. The van der Waals surface area contributed by atoms with Gasteiger partial charge in [-0.2, -0.15) is 5.26 Å². The molecule has 3 aromatic rings. The van der Waals surface area contributed by atoms with Crippen LogP contribution in [0.3, 0.4) is 0 Å². The first-order valence-corrected chi connectivity index (χ1v) is 10.7. The van der Waals surface area contributed by atoms with E-state index in [9.17, 15) is 15.0 Å². The van der Waals surface area contributed by atoms with Gasteiger partial charge in [0, 0.05) is 31.1 Å². The Morgan fingerprint density at radius 3 is 2.82 bits per heavy atom. The standard InChI is InChI=1S/C22H23N7O4/c23-8-13-1-3-14(4-2-13)21(32)28-6-5-15(9-28)27-19-18-20(25-11-24-19)29(12-26-18)22-17(31)7-16(10-30)33-22/h1-4,11-12,15-17,22,30-31H,5-7,9-10H2,(H,24,25,27)/t15?,16-,17+,22+/m0/s1. The van der Waals surface area contributed by atoms with Gasteiger partial charge in [-0.3, -0.25) is 9.36 Å². The molecule has 0 saturated carbocycles. The number of ether oxygens (including phenoxy) is 1. The van der Waals surface area contributed by atoms with Gasteiger partial charge in [0.15, 0.2) is 23.2 Å². The molecule has 0 aliphatic carbocycles. The average molecular weight is 449 g/mol. The number of nitrogens with one attached hydrogen (secondary N) is 1. The Hall–Kier alpha value is -3.59. The van der Waals surface area contributed by atoms with Gasteiger partial charge in [0.05, 0.1) is 30.7 Å². The van der Waals surface area contributed by atoms with E-state index in [-0.39, 0.29) is 18.6 Å². The third-order valence-electron chi connectivity index (χ3n) is 6.08. The first-order chi connectivity index (χ1) is 16.1. The van der Waals surface area contributed by atoms with Gasteiger partial charge in [-0.15, -0.1) is 0 Å². The van der Waals surface area contributed by atoms with Crippen molar-refractivity contribution in [3.63, 3.8) is 0 Å². The number of carbonyl (C=O) groups is 1. The Morgan fingerprint density at radius 2 is 2.09 bits per heavy atom. The van der Waals surface area contributed by atoms with E-state index in [4.69, 9.17) is 10.00 Å². The van der Waals surface area contributed by atoms with E-state index in [0.29, 0.717) is 47.6 Å². The Bertz CT molecular complexity index is 1210. The molecule has 1 aromatic carbocycles. The minimum atomic E-state index is -0.775. The number of imidazole rings is 1.